The van der Waals surface area contributed by atoms with Crippen molar-refractivity contribution in [2.45, 2.75) is 26.8 Å². The minimum absolute atomic E-state index is 0.106. The maximum atomic E-state index is 13.0. The van der Waals surface area contributed by atoms with Crippen LogP contribution in [0.15, 0.2) is 261 Å². The Morgan fingerprint density at radius 3 is 1.58 bits per heavy atom. The Morgan fingerprint density at radius 1 is 0.602 bits per heavy atom. The average Bonchev–Trinajstić information content (AvgIpc) is 4.07. The normalized spacial score (nSPS) is 11.0. The first kappa shape index (κ1) is 63.6. The van der Waals surface area contributed by atoms with Crippen LogP contribution in [0.25, 0.3) is 38.9 Å². The number of nitrogens with zero attached hydrogens (tertiary/aromatic N) is 6. The van der Waals surface area contributed by atoms with Crippen LogP contribution in [0.4, 0.5) is 10.6 Å². The molecule has 1 unspecified atom stereocenters. The van der Waals surface area contributed by atoms with Gasteiger partial charge in [-0.3, -0.25) is 19.1 Å². The van der Waals surface area contributed by atoms with Crippen LogP contribution in [0.3, 0.4) is 0 Å². The van der Waals surface area contributed by atoms with Crippen molar-refractivity contribution in [3.05, 3.63) is 284 Å². The van der Waals surface area contributed by atoms with Gasteiger partial charge in [-0.15, -0.1) is 0 Å². The number of amides is 2. The van der Waals surface area contributed by atoms with Crippen molar-refractivity contribution in [3.63, 3.8) is 0 Å². The molecule has 12 aromatic rings. The number of halogens is 2. The zero-order valence-corrected chi connectivity index (χ0v) is 53.6. The van der Waals surface area contributed by atoms with Crippen LogP contribution in [0, 0.1) is 25.7 Å². The number of carboxylic acid groups (broad SMARTS) is 1. The van der Waals surface area contributed by atoms with E-state index in [2.05, 4.69) is 209 Å². The fraction of sp³-hybridized carbons (Fsp3) is 0.0833. The number of nitrogens with one attached hydrogen (secondary N) is 1. The summed E-state index contributed by atoms with van der Waals surface area (Å²) in [7, 11) is 11.6. The molecule has 0 aliphatic heterocycles. The molecule has 0 spiro atoms. The van der Waals surface area contributed by atoms with Gasteiger partial charge < -0.3 is 15.2 Å². The topological polar surface area (TPSA) is 135 Å². The SMILES string of the molecule is COc1ncccc1-c1nc2cc(C)ccn2c1-c1ccc(NC(=O)C(C)N(C)C(=O)O)nc1C#Cc1ccc2c(C)nccc2c1.[Cl][Pd][Cl].c1ccc(P(c2ccccc2)c2ccccc2)cc1.c1ccc(P(c2ccccc2)c2ccccc2)cc1. The number of rotatable bonds is 12. The Hall–Kier alpha value is -8.86. The third-order valence-electron chi connectivity index (χ3n) is 14.0. The molecule has 0 aliphatic carbocycles. The Kier molecular flexibility index (Phi) is 22.9. The predicted octanol–water partition coefficient (Wildman–Crippen LogP) is 14.2. The number of ether oxygens (including phenoxy) is 1. The zero-order chi connectivity index (χ0) is 61.8. The molecule has 0 saturated heterocycles. The number of anilines is 1. The van der Waals surface area contributed by atoms with Crippen LogP contribution in [0.2, 0.25) is 0 Å². The molecule has 1 atom stereocenters. The van der Waals surface area contributed by atoms with E-state index in [1.807, 2.05) is 79.0 Å². The third-order valence-corrected chi connectivity index (χ3v) is 18.9. The number of carbonyl (C=O) groups excluding carboxylic acids is 1. The number of aromatic nitrogens is 5. The van der Waals surface area contributed by atoms with Crippen LogP contribution < -0.4 is 41.9 Å². The largest absolute Gasteiger partial charge is 0.0622 e. The number of fused-ring (bicyclic) bond motifs is 2. The van der Waals surface area contributed by atoms with Crippen LogP contribution in [0.1, 0.15) is 29.4 Å². The number of imidazole rings is 1. The van der Waals surface area contributed by atoms with Gasteiger partial charge in [0.1, 0.15) is 28.9 Å². The standard InChI is InChI=1S/C36H31N7O4.2C18H15P.2ClH.Pd/c1-21-15-18-43-31(19-21)41-32(28-7-6-16-38-35(28)47-5)33(43)27-11-13-30(40-34(44)23(3)42(4)36(45)46)39-29(27)12-9-24-8-10-26-22(2)37-17-14-25(26)20-24;2*1-4-10-16(11-5-1)19(17-12-6-2-7-13-17)18-14-8-3-9-15-18;;;/h6-8,10-11,13-20,23H,1-5H3,(H,45,46)(H,39,40,44);2*1-15H;2*1H;/q;;;;;+2/p-2. The Labute approximate surface area is 532 Å². The molecule has 0 aliphatic rings. The molecule has 0 radical (unpaired) electrons. The van der Waals surface area contributed by atoms with Gasteiger partial charge in [0.15, 0.2) is 0 Å². The van der Waals surface area contributed by atoms with Crippen LogP contribution >= 0.6 is 34.9 Å². The summed E-state index contributed by atoms with van der Waals surface area (Å²) in [6.45, 7) is 5.47. The Balaban J connectivity index is 0.000000182. The van der Waals surface area contributed by atoms with E-state index >= 15 is 0 Å². The molecular weight excluding hydrogens is 1270 g/mol. The van der Waals surface area contributed by atoms with Crippen LogP contribution in [-0.4, -0.2) is 66.5 Å². The molecule has 12 rings (SSSR count). The molecular formula is C72H61Cl2N7O4P2Pd. The first-order chi connectivity index (χ1) is 43.0. The number of carbonyl (C=O) groups is 2. The molecule has 5 aromatic heterocycles. The van der Waals surface area contributed by atoms with E-state index in [0.29, 0.717) is 39.7 Å². The minimum atomic E-state index is -1.22. The molecule has 0 fully saturated rings. The molecule has 442 valence electrons. The van der Waals surface area contributed by atoms with Gasteiger partial charge in [0.25, 0.3) is 0 Å². The van der Waals surface area contributed by atoms with Gasteiger partial charge in [0.2, 0.25) is 11.8 Å². The van der Waals surface area contributed by atoms with Crippen molar-refractivity contribution in [2.75, 3.05) is 19.5 Å². The quantitative estimate of drug-likeness (QED) is 0.0702. The molecule has 16 heteroatoms. The van der Waals surface area contributed by atoms with E-state index in [1.54, 1.807) is 25.6 Å². The number of hydrogen-bond acceptors (Lipinski definition) is 7. The molecule has 7 aromatic carbocycles. The number of methoxy groups -OCH3 is 1. The second-order valence-electron chi connectivity index (χ2n) is 19.8. The monoisotopic (exact) mass is 1330 g/mol. The van der Waals surface area contributed by atoms with Gasteiger partial charge >= 0.3 is 41.1 Å². The van der Waals surface area contributed by atoms with Crippen molar-refractivity contribution in [1.29, 1.82) is 0 Å². The number of benzene rings is 7. The average molecular weight is 1330 g/mol. The molecule has 11 nitrogen and oxygen atoms in total. The van der Waals surface area contributed by atoms with Gasteiger partial charge in [-0.1, -0.05) is 194 Å². The van der Waals surface area contributed by atoms with E-state index in [4.69, 9.17) is 33.8 Å². The van der Waals surface area contributed by atoms with Crippen LogP contribution in [-0.2, 0) is 20.7 Å². The van der Waals surface area contributed by atoms with Gasteiger partial charge in [-0.25, -0.2) is 19.7 Å². The molecule has 2 amide bonds. The maximum Gasteiger partial charge on any atom is -0.0134 e. The van der Waals surface area contributed by atoms with Crippen molar-refractivity contribution >= 4 is 101 Å². The van der Waals surface area contributed by atoms with E-state index in [0.717, 1.165) is 32.5 Å². The van der Waals surface area contributed by atoms with Gasteiger partial charge in [-0.2, -0.15) is 0 Å². The zero-order valence-electron chi connectivity index (χ0n) is 48.7. The minimum Gasteiger partial charge on any atom is -0.0622 e. The van der Waals surface area contributed by atoms with Crippen molar-refractivity contribution in [3.8, 4) is 40.2 Å². The van der Waals surface area contributed by atoms with Gasteiger partial charge in [0, 0.05) is 47.8 Å². The van der Waals surface area contributed by atoms with Crippen LogP contribution in [0.5, 0.6) is 5.88 Å². The van der Waals surface area contributed by atoms with E-state index in [9.17, 15) is 14.7 Å². The molecule has 0 saturated carbocycles. The molecule has 0 bridgehead atoms. The summed E-state index contributed by atoms with van der Waals surface area (Å²) < 4.78 is 7.57. The van der Waals surface area contributed by atoms with E-state index in [-0.39, 0.29) is 21.8 Å². The summed E-state index contributed by atoms with van der Waals surface area (Å²) in [5.74, 6) is 6.60. The maximum absolute atomic E-state index is 13.0. The molecule has 2 N–H and O–H groups in total. The van der Waals surface area contributed by atoms with E-state index in [1.165, 1.54) is 45.8 Å². The Bertz CT molecular complexity index is 4020. The summed E-state index contributed by atoms with van der Waals surface area (Å²) in [6, 6.07) is 82.7. The molecule has 88 heavy (non-hydrogen) atoms. The fourth-order valence-corrected chi connectivity index (χ4v) is 14.2. The number of likely N-dealkylation sites (N-methyl/N-ethyl adjacent to an activating group) is 1. The fourth-order valence-electron chi connectivity index (χ4n) is 9.61. The summed E-state index contributed by atoms with van der Waals surface area (Å²) >= 11 is -0.106. The first-order valence-electron chi connectivity index (χ1n) is 27.8. The first-order valence-corrected chi connectivity index (χ1v) is 34.5. The smallest absolute Gasteiger partial charge is 0.0134 e. The summed E-state index contributed by atoms with van der Waals surface area (Å²) in [4.78, 5) is 43.9. The van der Waals surface area contributed by atoms with Crippen molar-refractivity contribution in [1.82, 2.24) is 29.2 Å². The number of hydrogen-bond donors (Lipinski definition) is 2. The third kappa shape index (κ3) is 16.2. The summed E-state index contributed by atoms with van der Waals surface area (Å²) in [6.07, 6.45) is 4.14. The van der Waals surface area contributed by atoms with Gasteiger partial charge in [-0.05, 0) is 140 Å². The second kappa shape index (κ2) is 31.7. The van der Waals surface area contributed by atoms with Crippen molar-refractivity contribution in [2.24, 2.45) is 0 Å². The van der Waals surface area contributed by atoms with Crippen molar-refractivity contribution < 1.29 is 35.4 Å². The summed E-state index contributed by atoms with van der Waals surface area (Å²) in [5, 5.41) is 22.5. The van der Waals surface area contributed by atoms with E-state index < -0.39 is 33.9 Å². The molecule has 5 heterocycles. The number of aryl methyl sites for hydroxylation is 2. The number of pyridine rings is 4. The Morgan fingerprint density at radius 2 is 1.10 bits per heavy atom. The predicted molar refractivity (Wildman–Crippen MR) is 361 cm³/mol. The summed E-state index contributed by atoms with van der Waals surface area (Å²) in [5.41, 5.74) is 6.49. The van der Waals surface area contributed by atoms with Gasteiger partial charge in [0.05, 0.1) is 18.4 Å². The second-order valence-corrected chi connectivity index (χ2v) is 26.6.